The third-order valence-corrected chi connectivity index (χ3v) is 10.2. The summed E-state index contributed by atoms with van der Waals surface area (Å²) in [5.74, 6) is 0. The van der Waals surface area contributed by atoms with Gasteiger partial charge in [0, 0.05) is 54.7 Å². The van der Waals surface area contributed by atoms with Crippen molar-refractivity contribution in [2.45, 2.75) is 63.5 Å². The Kier molecular flexibility index (Phi) is 14.5. The topological polar surface area (TPSA) is 55.4 Å². The van der Waals surface area contributed by atoms with Crippen molar-refractivity contribution in [2.24, 2.45) is 0 Å². The van der Waals surface area contributed by atoms with Crippen molar-refractivity contribution in [1.82, 2.24) is 0 Å². The average Bonchev–Trinajstić information content (AvgIpc) is 2.64. The molecule has 0 saturated heterocycles. The highest BCUT2D eigenvalue weighted by atomic mass is 28.4. The molecule has 0 aliphatic heterocycles. The summed E-state index contributed by atoms with van der Waals surface area (Å²) in [6.45, 7) is 0. The highest BCUT2D eigenvalue weighted by molar-refractivity contribution is 6.60. The quantitative estimate of drug-likeness (QED) is 0.281. The largest absolute Gasteiger partial charge is 0.500 e. The Labute approximate surface area is 150 Å². The summed E-state index contributed by atoms with van der Waals surface area (Å²) in [4.78, 5) is 0. The molecular weight excluding hydrogens is 344 g/mol. The van der Waals surface area contributed by atoms with Crippen molar-refractivity contribution in [2.75, 3.05) is 42.7 Å². The summed E-state index contributed by atoms with van der Waals surface area (Å²) >= 11 is 0. The first-order valence-corrected chi connectivity index (χ1v) is 12.7. The van der Waals surface area contributed by atoms with Crippen LogP contribution in [0.5, 0.6) is 0 Å². The van der Waals surface area contributed by atoms with Gasteiger partial charge in [-0.05, 0) is 12.8 Å². The van der Waals surface area contributed by atoms with Gasteiger partial charge in [0.25, 0.3) is 0 Å². The minimum Gasteiger partial charge on any atom is -0.377 e. The highest BCUT2D eigenvalue weighted by Gasteiger charge is 2.37. The Morgan fingerprint density at radius 1 is 0.375 bits per heavy atom. The number of hydrogen-bond donors (Lipinski definition) is 0. The fourth-order valence-electron chi connectivity index (χ4n) is 2.86. The first kappa shape index (κ1) is 24.2. The zero-order chi connectivity index (χ0) is 18.3. The lowest BCUT2D eigenvalue weighted by atomic mass is 10.1. The van der Waals surface area contributed by atoms with Gasteiger partial charge in [0.1, 0.15) is 0 Å². The molecule has 0 N–H and O–H groups in total. The highest BCUT2D eigenvalue weighted by Crippen LogP contribution is 2.20. The molecule has 0 aromatic rings. The molecular formula is C16H38O6Si2. The van der Waals surface area contributed by atoms with Crippen LogP contribution >= 0.6 is 0 Å². The summed E-state index contributed by atoms with van der Waals surface area (Å²) in [6.07, 6.45) is 9.70. The zero-order valence-electron chi connectivity index (χ0n) is 16.5. The number of rotatable bonds is 17. The summed E-state index contributed by atoms with van der Waals surface area (Å²) in [6, 6.07) is 1.79. The van der Waals surface area contributed by atoms with Crippen LogP contribution in [0.4, 0.5) is 0 Å². The molecule has 0 aliphatic carbocycles. The Morgan fingerprint density at radius 2 is 0.583 bits per heavy atom. The van der Waals surface area contributed by atoms with E-state index in [2.05, 4.69) is 0 Å². The van der Waals surface area contributed by atoms with E-state index in [1.807, 2.05) is 0 Å². The predicted molar refractivity (Wildman–Crippen MR) is 100 cm³/mol. The van der Waals surface area contributed by atoms with Gasteiger partial charge < -0.3 is 26.6 Å². The second kappa shape index (κ2) is 14.4. The Morgan fingerprint density at radius 3 is 0.792 bits per heavy atom. The first-order chi connectivity index (χ1) is 11.6. The lowest BCUT2D eigenvalue weighted by molar-refractivity contribution is 0.122. The lowest BCUT2D eigenvalue weighted by Gasteiger charge is -2.24. The third-order valence-electron chi connectivity index (χ3n) is 4.58. The molecule has 0 radical (unpaired) electrons. The maximum Gasteiger partial charge on any atom is 0.500 e. The van der Waals surface area contributed by atoms with Crippen molar-refractivity contribution in [1.29, 1.82) is 0 Å². The van der Waals surface area contributed by atoms with Crippen LogP contribution in [-0.2, 0) is 26.6 Å². The van der Waals surface area contributed by atoms with Crippen LogP contribution in [0, 0.1) is 0 Å². The van der Waals surface area contributed by atoms with Gasteiger partial charge in [0.2, 0.25) is 0 Å². The molecule has 146 valence electrons. The number of hydrogen-bond acceptors (Lipinski definition) is 6. The first-order valence-electron chi connectivity index (χ1n) is 8.88. The van der Waals surface area contributed by atoms with Gasteiger partial charge in [-0.25, -0.2) is 0 Å². The van der Waals surface area contributed by atoms with Gasteiger partial charge in [-0.1, -0.05) is 38.5 Å². The zero-order valence-corrected chi connectivity index (χ0v) is 18.5. The third kappa shape index (κ3) is 9.05. The van der Waals surface area contributed by atoms with E-state index in [9.17, 15) is 0 Å². The monoisotopic (exact) mass is 382 g/mol. The van der Waals surface area contributed by atoms with E-state index in [4.69, 9.17) is 26.6 Å². The van der Waals surface area contributed by atoms with Crippen molar-refractivity contribution in [3.8, 4) is 0 Å². The normalized spacial score (nSPS) is 12.8. The van der Waals surface area contributed by atoms with Gasteiger partial charge >= 0.3 is 17.6 Å². The molecule has 0 saturated carbocycles. The van der Waals surface area contributed by atoms with E-state index >= 15 is 0 Å². The fraction of sp³-hybridized carbons (Fsp3) is 1.00. The molecule has 6 nitrogen and oxygen atoms in total. The van der Waals surface area contributed by atoms with Gasteiger partial charge in [-0.3, -0.25) is 0 Å². The molecule has 0 spiro atoms. The van der Waals surface area contributed by atoms with Crippen LogP contribution in [0.2, 0.25) is 12.1 Å². The Balaban J connectivity index is 3.58. The smallest absolute Gasteiger partial charge is 0.377 e. The molecule has 0 rings (SSSR count). The average molecular weight is 383 g/mol. The summed E-state index contributed by atoms with van der Waals surface area (Å²) in [7, 11) is 5.32. The van der Waals surface area contributed by atoms with Crippen molar-refractivity contribution >= 4 is 17.6 Å². The molecule has 0 unspecified atom stereocenters. The molecule has 0 aliphatic rings. The molecule has 0 aromatic heterocycles. The second-order valence-corrected chi connectivity index (χ2v) is 12.1. The minimum absolute atomic E-state index is 0.897. The molecule has 24 heavy (non-hydrogen) atoms. The van der Waals surface area contributed by atoms with Crippen molar-refractivity contribution < 1.29 is 26.6 Å². The van der Waals surface area contributed by atoms with E-state index in [-0.39, 0.29) is 0 Å². The Hall–Kier alpha value is 0.194. The standard InChI is InChI=1S/C16H38O6Si2/c1-17-23(18-2,19-3)15-13-11-9-7-8-10-12-14-16-24(20-4,21-5)22-6/h7-16H2,1-6H3. The van der Waals surface area contributed by atoms with Crippen LogP contribution in [0.15, 0.2) is 0 Å². The van der Waals surface area contributed by atoms with Gasteiger partial charge in [-0.15, -0.1) is 0 Å². The van der Waals surface area contributed by atoms with Gasteiger partial charge in [0.15, 0.2) is 0 Å². The molecule has 0 heterocycles. The van der Waals surface area contributed by atoms with E-state index in [0.29, 0.717) is 0 Å². The fourth-order valence-corrected chi connectivity index (χ4v) is 6.45. The predicted octanol–water partition coefficient (Wildman–Crippen LogP) is 3.86. The molecule has 0 atom stereocenters. The van der Waals surface area contributed by atoms with E-state index in [1.165, 1.54) is 38.5 Å². The van der Waals surface area contributed by atoms with Gasteiger partial charge in [0.05, 0.1) is 0 Å². The van der Waals surface area contributed by atoms with Crippen molar-refractivity contribution in [3.63, 3.8) is 0 Å². The molecule has 0 amide bonds. The second-order valence-electron chi connectivity index (χ2n) is 5.92. The van der Waals surface area contributed by atoms with Gasteiger partial charge in [-0.2, -0.15) is 0 Å². The Bertz CT molecular complexity index is 241. The summed E-state index contributed by atoms with van der Waals surface area (Å²) in [5.41, 5.74) is 0. The van der Waals surface area contributed by atoms with Crippen LogP contribution < -0.4 is 0 Å². The van der Waals surface area contributed by atoms with Crippen LogP contribution in [0.3, 0.4) is 0 Å². The molecule has 8 heteroatoms. The van der Waals surface area contributed by atoms with Crippen LogP contribution in [-0.4, -0.2) is 60.3 Å². The maximum atomic E-state index is 5.43. The summed E-state index contributed by atoms with van der Waals surface area (Å²) < 4.78 is 32.6. The molecule has 0 bridgehead atoms. The van der Waals surface area contributed by atoms with E-state index in [0.717, 1.165) is 24.9 Å². The maximum absolute atomic E-state index is 5.43. The van der Waals surface area contributed by atoms with E-state index < -0.39 is 17.6 Å². The summed E-state index contributed by atoms with van der Waals surface area (Å²) in [5, 5.41) is 0. The van der Waals surface area contributed by atoms with E-state index in [1.54, 1.807) is 42.7 Å². The molecule has 0 fully saturated rings. The SMILES string of the molecule is CO[Si](CCCCCCCCCC[Si](OC)(OC)OC)(OC)OC. The number of unbranched alkanes of at least 4 members (excludes halogenated alkanes) is 7. The van der Waals surface area contributed by atoms with Crippen LogP contribution in [0.1, 0.15) is 51.4 Å². The minimum atomic E-state index is -2.36. The van der Waals surface area contributed by atoms with Crippen molar-refractivity contribution in [3.05, 3.63) is 0 Å². The van der Waals surface area contributed by atoms with Crippen LogP contribution in [0.25, 0.3) is 0 Å². The lowest BCUT2D eigenvalue weighted by Crippen LogP contribution is -2.42. The molecule has 0 aromatic carbocycles.